The molecular formula is C23H30N4O2. The number of aryl methyl sites for hydroxylation is 1. The Morgan fingerprint density at radius 1 is 1.03 bits per heavy atom. The molecule has 2 aromatic rings. The van der Waals surface area contributed by atoms with Crippen molar-refractivity contribution in [3.63, 3.8) is 0 Å². The third kappa shape index (κ3) is 5.73. The average Bonchev–Trinajstić information content (AvgIpc) is 3.22. The summed E-state index contributed by atoms with van der Waals surface area (Å²) in [5, 5.41) is 8.94. The molecule has 3 N–H and O–H groups in total. The molecule has 6 heteroatoms. The van der Waals surface area contributed by atoms with Crippen LogP contribution >= 0.6 is 0 Å². The fraction of sp³-hybridized carbons (Fsp3) is 0.391. The van der Waals surface area contributed by atoms with E-state index in [9.17, 15) is 9.59 Å². The van der Waals surface area contributed by atoms with E-state index in [0.29, 0.717) is 5.56 Å². The maximum atomic E-state index is 12.3. The summed E-state index contributed by atoms with van der Waals surface area (Å²) >= 11 is 0. The fourth-order valence-corrected chi connectivity index (χ4v) is 3.46. The van der Waals surface area contributed by atoms with E-state index < -0.39 is 0 Å². The van der Waals surface area contributed by atoms with E-state index in [-0.39, 0.29) is 24.4 Å². The number of anilines is 3. The molecule has 0 saturated carbocycles. The lowest BCUT2D eigenvalue weighted by Crippen LogP contribution is -2.30. The zero-order valence-corrected chi connectivity index (χ0v) is 17.4. The van der Waals surface area contributed by atoms with Crippen LogP contribution in [0.15, 0.2) is 42.5 Å². The maximum Gasteiger partial charge on any atom is 0.251 e. The van der Waals surface area contributed by atoms with E-state index in [1.807, 2.05) is 45.0 Å². The molecule has 0 bridgehead atoms. The van der Waals surface area contributed by atoms with Crippen LogP contribution in [-0.2, 0) is 4.79 Å². The van der Waals surface area contributed by atoms with Crippen LogP contribution in [0, 0.1) is 6.92 Å². The number of amides is 2. The van der Waals surface area contributed by atoms with Gasteiger partial charge in [0.05, 0.1) is 6.54 Å². The number of rotatable bonds is 7. The predicted molar refractivity (Wildman–Crippen MR) is 119 cm³/mol. The molecule has 0 aliphatic carbocycles. The van der Waals surface area contributed by atoms with Gasteiger partial charge in [0.2, 0.25) is 5.91 Å². The van der Waals surface area contributed by atoms with Crippen molar-refractivity contribution in [3.8, 4) is 0 Å². The number of nitrogens with zero attached hydrogens (tertiary/aromatic N) is 1. The molecule has 0 radical (unpaired) electrons. The highest BCUT2D eigenvalue weighted by molar-refractivity contribution is 5.96. The van der Waals surface area contributed by atoms with E-state index in [2.05, 4.69) is 33.0 Å². The van der Waals surface area contributed by atoms with Crippen molar-refractivity contribution in [1.82, 2.24) is 5.32 Å². The smallest absolute Gasteiger partial charge is 0.251 e. The molecule has 0 spiro atoms. The summed E-state index contributed by atoms with van der Waals surface area (Å²) in [6, 6.07) is 13.5. The number of hydrogen-bond donors (Lipinski definition) is 3. The molecule has 2 aromatic carbocycles. The van der Waals surface area contributed by atoms with Crippen molar-refractivity contribution in [2.24, 2.45) is 0 Å². The van der Waals surface area contributed by atoms with Crippen LogP contribution in [0.5, 0.6) is 0 Å². The van der Waals surface area contributed by atoms with Gasteiger partial charge in [0.25, 0.3) is 5.91 Å². The van der Waals surface area contributed by atoms with Crippen LogP contribution in [0.1, 0.15) is 42.6 Å². The number of benzene rings is 2. The Bertz CT molecular complexity index is 856. The molecule has 3 rings (SSSR count). The standard InChI is InChI=1S/C23H30N4O2/c1-16(2)25-23(29)18-6-11-21(17(3)14-18)24-15-22(28)26-19-7-9-20(10-8-19)27-12-4-5-13-27/h6-11,14,16,24H,4-5,12-13,15H2,1-3H3,(H,25,29)(H,26,28). The molecule has 154 valence electrons. The van der Waals surface area contributed by atoms with Crippen molar-refractivity contribution < 1.29 is 9.59 Å². The van der Waals surface area contributed by atoms with Crippen molar-refractivity contribution in [2.45, 2.75) is 39.7 Å². The third-order valence-corrected chi connectivity index (χ3v) is 4.97. The summed E-state index contributed by atoms with van der Waals surface area (Å²) in [7, 11) is 0. The van der Waals surface area contributed by atoms with Gasteiger partial charge in [0, 0.05) is 41.8 Å². The molecule has 6 nitrogen and oxygen atoms in total. The minimum absolute atomic E-state index is 0.0914. The van der Waals surface area contributed by atoms with Gasteiger partial charge < -0.3 is 20.9 Å². The monoisotopic (exact) mass is 394 g/mol. The van der Waals surface area contributed by atoms with E-state index >= 15 is 0 Å². The largest absolute Gasteiger partial charge is 0.376 e. The van der Waals surface area contributed by atoms with Gasteiger partial charge >= 0.3 is 0 Å². The minimum Gasteiger partial charge on any atom is -0.376 e. The summed E-state index contributed by atoms with van der Waals surface area (Å²) in [4.78, 5) is 26.7. The zero-order valence-electron chi connectivity index (χ0n) is 17.4. The normalized spacial score (nSPS) is 13.4. The Kier molecular flexibility index (Phi) is 6.75. The Labute approximate surface area is 172 Å². The van der Waals surface area contributed by atoms with Gasteiger partial charge in [-0.25, -0.2) is 0 Å². The fourth-order valence-electron chi connectivity index (χ4n) is 3.46. The van der Waals surface area contributed by atoms with Gasteiger partial charge in [-0.15, -0.1) is 0 Å². The maximum absolute atomic E-state index is 12.3. The van der Waals surface area contributed by atoms with Crippen molar-refractivity contribution in [3.05, 3.63) is 53.6 Å². The Morgan fingerprint density at radius 3 is 2.34 bits per heavy atom. The molecule has 29 heavy (non-hydrogen) atoms. The SMILES string of the molecule is Cc1cc(C(=O)NC(C)C)ccc1NCC(=O)Nc1ccc(N2CCCC2)cc1. The highest BCUT2D eigenvalue weighted by Crippen LogP contribution is 2.22. The quantitative estimate of drug-likeness (QED) is 0.668. The van der Waals surface area contributed by atoms with Crippen LogP contribution in [0.3, 0.4) is 0 Å². The molecule has 0 atom stereocenters. The van der Waals surface area contributed by atoms with E-state index in [4.69, 9.17) is 0 Å². The van der Waals surface area contributed by atoms with E-state index in [1.54, 1.807) is 6.07 Å². The first-order chi connectivity index (χ1) is 13.9. The van der Waals surface area contributed by atoms with E-state index in [1.165, 1.54) is 18.5 Å². The highest BCUT2D eigenvalue weighted by atomic mass is 16.2. The second kappa shape index (κ2) is 9.45. The van der Waals surface area contributed by atoms with Crippen LogP contribution in [0.25, 0.3) is 0 Å². The Morgan fingerprint density at radius 2 is 1.72 bits per heavy atom. The van der Waals surface area contributed by atoms with Crippen LogP contribution in [0.4, 0.5) is 17.1 Å². The lowest BCUT2D eigenvalue weighted by molar-refractivity contribution is -0.114. The van der Waals surface area contributed by atoms with Crippen molar-refractivity contribution in [2.75, 3.05) is 35.2 Å². The molecule has 0 aromatic heterocycles. The second-order valence-corrected chi connectivity index (χ2v) is 7.80. The lowest BCUT2D eigenvalue weighted by Gasteiger charge is -2.18. The number of carbonyl (C=O) groups is 2. The van der Waals surface area contributed by atoms with Gasteiger partial charge in [-0.05, 0) is 81.6 Å². The second-order valence-electron chi connectivity index (χ2n) is 7.80. The van der Waals surface area contributed by atoms with Crippen molar-refractivity contribution in [1.29, 1.82) is 0 Å². The van der Waals surface area contributed by atoms with Gasteiger partial charge in [0.15, 0.2) is 0 Å². The van der Waals surface area contributed by atoms with Crippen LogP contribution < -0.4 is 20.9 Å². The number of hydrogen-bond acceptors (Lipinski definition) is 4. The molecule has 1 aliphatic heterocycles. The van der Waals surface area contributed by atoms with Crippen LogP contribution in [-0.4, -0.2) is 37.5 Å². The zero-order chi connectivity index (χ0) is 20.8. The summed E-state index contributed by atoms with van der Waals surface area (Å²) in [5.74, 6) is -0.204. The van der Waals surface area contributed by atoms with Gasteiger partial charge in [-0.3, -0.25) is 9.59 Å². The third-order valence-electron chi connectivity index (χ3n) is 4.97. The molecular weight excluding hydrogens is 364 g/mol. The average molecular weight is 395 g/mol. The van der Waals surface area contributed by atoms with Gasteiger partial charge in [-0.1, -0.05) is 0 Å². The molecule has 1 saturated heterocycles. The molecule has 1 aliphatic rings. The first-order valence-corrected chi connectivity index (χ1v) is 10.2. The Balaban J connectivity index is 1.51. The van der Waals surface area contributed by atoms with Gasteiger partial charge in [-0.2, -0.15) is 0 Å². The summed E-state index contributed by atoms with van der Waals surface area (Å²) in [6.45, 7) is 8.15. The Hall–Kier alpha value is -3.02. The summed E-state index contributed by atoms with van der Waals surface area (Å²) in [6.07, 6.45) is 2.49. The van der Waals surface area contributed by atoms with Crippen LogP contribution in [0.2, 0.25) is 0 Å². The topological polar surface area (TPSA) is 73.5 Å². The summed E-state index contributed by atoms with van der Waals surface area (Å²) < 4.78 is 0. The number of nitrogens with one attached hydrogen (secondary N) is 3. The molecule has 0 unspecified atom stereocenters. The molecule has 1 fully saturated rings. The predicted octanol–water partition coefficient (Wildman–Crippen LogP) is 3.78. The minimum atomic E-state index is -0.111. The van der Waals surface area contributed by atoms with Crippen molar-refractivity contribution >= 4 is 28.9 Å². The lowest BCUT2D eigenvalue weighted by atomic mass is 10.1. The first kappa shape index (κ1) is 20.7. The summed E-state index contributed by atoms with van der Waals surface area (Å²) in [5.41, 5.74) is 4.37. The number of carbonyl (C=O) groups excluding carboxylic acids is 2. The van der Waals surface area contributed by atoms with Gasteiger partial charge in [0.1, 0.15) is 0 Å². The molecule has 2 amide bonds. The van der Waals surface area contributed by atoms with E-state index in [0.717, 1.165) is 30.0 Å². The molecule has 1 heterocycles. The first-order valence-electron chi connectivity index (χ1n) is 10.2. The highest BCUT2D eigenvalue weighted by Gasteiger charge is 2.12.